The molecular formula is C18H22N4O2S. The number of rotatable bonds is 5. The minimum Gasteiger partial charge on any atom is -0.378 e. The maximum atomic E-state index is 13.0. The summed E-state index contributed by atoms with van der Waals surface area (Å²) in [5, 5.41) is 3.20. The van der Waals surface area contributed by atoms with Crippen molar-refractivity contribution < 1.29 is 9.53 Å². The van der Waals surface area contributed by atoms with Crippen LogP contribution in [0.15, 0.2) is 17.6 Å². The first-order valence-corrected chi connectivity index (χ1v) is 9.67. The van der Waals surface area contributed by atoms with Gasteiger partial charge >= 0.3 is 0 Å². The quantitative estimate of drug-likeness (QED) is 0.820. The number of hydrogen-bond donors (Lipinski definition) is 0. The van der Waals surface area contributed by atoms with Crippen LogP contribution in [0.1, 0.15) is 33.7 Å². The van der Waals surface area contributed by atoms with Gasteiger partial charge in [0.15, 0.2) is 0 Å². The van der Waals surface area contributed by atoms with Crippen LogP contribution in [-0.2, 0) is 24.1 Å². The molecule has 0 aliphatic carbocycles. The Hall–Kier alpha value is -1.99. The zero-order valence-corrected chi connectivity index (χ0v) is 15.2. The molecule has 2 aliphatic rings. The average molecular weight is 358 g/mol. The Bertz CT molecular complexity index is 770. The van der Waals surface area contributed by atoms with E-state index >= 15 is 0 Å². The van der Waals surface area contributed by atoms with Crippen LogP contribution in [0.5, 0.6) is 0 Å². The van der Waals surface area contributed by atoms with Gasteiger partial charge in [-0.15, -0.1) is 11.3 Å². The van der Waals surface area contributed by atoms with Gasteiger partial charge in [-0.3, -0.25) is 9.78 Å². The summed E-state index contributed by atoms with van der Waals surface area (Å²) in [6.45, 7) is 6.45. The van der Waals surface area contributed by atoms with Crippen LogP contribution in [0.4, 0.5) is 5.69 Å². The van der Waals surface area contributed by atoms with Crippen molar-refractivity contribution in [1.29, 1.82) is 0 Å². The maximum Gasteiger partial charge on any atom is 0.258 e. The summed E-state index contributed by atoms with van der Waals surface area (Å²) >= 11 is 1.68. The van der Waals surface area contributed by atoms with E-state index in [-0.39, 0.29) is 5.91 Å². The highest BCUT2D eigenvalue weighted by molar-refractivity contribution is 7.09. The third-order valence-corrected chi connectivity index (χ3v) is 5.72. The van der Waals surface area contributed by atoms with Crippen LogP contribution in [0.3, 0.4) is 0 Å². The number of amides is 1. The Kier molecular flexibility index (Phi) is 4.67. The molecule has 2 aromatic heterocycles. The van der Waals surface area contributed by atoms with Crippen molar-refractivity contribution >= 4 is 22.9 Å². The van der Waals surface area contributed by atoms with E-state index in [4.69, 9.17) is 4.74 Å². The summed E-state index contributed by atoms with van der Waals surface area (Å²) in [4.78, 5) is 26.1. The number of fused-ring (bicyclic) bond motifs is 1. The average Bonchev–Trinajstić information content (AvgIpc) is 3.25. The third-order valence-electron chi connectivity index (χ3n) is 4.76. The molecule has 0 radical (unpaired) electrons. The lowest BCUT2D eigenvalue weighted by molar-refractivity contribution is 0.0779. The fourth-order valence-corrected chi connectivity index (χ4v) is 4.23. The van der Waals surface area contributed by atoms with E-state index < -0.39 is 0 Å². The number of thiazole rings is 1. The number of pyridine rings is 1. The van der Waals surface area contributed by atoms with Crippen molar-refractivity contribution in [2.45, 2.75) is 26.3 Å². The molecule has 0 saturated carbocycles. The highest BCUT2D eigenvalue weighted by atomic mass is 32.1. The zero-order chi connectivity index (χ0) is 17.2. The molecule has 0 N–H and O–H groups in total. The fraction of sp³-hybridized carbons (Fsp3) is 0.500. The van der Waals surface area contributed by atoms with Crippen molar-refractivity contribution in [2.24, 2.45) is 0 Å². The monoisotopic (exact) mass is 358 g/mol. The number of hydrogen-bond acceptors (Lipinski definition) is 6. The smallest absolute Gasteiger partial charge is 0.258 e. The minimum atomic E-state index is 0.0943. The molecule has 1 saturated heterocycles. The number of morpholine rings is 1. The van der Waals surface area contributed by atoms with E-state index in [1.54, 1.807) is 11.3 Å². The molecule has 132 valence electrons. The number of anilines is 1. The molecule has 0 spiro atoms. The SMILES string of the molecule is CCc1csc(CCN2Cc3nccc(N4CCOCC4)c3C2=O)n1. The normalized spacial score (nSPS) is 17.2. The van der Waals surface area contributed by atoms with Gasteiger partial charge in [-0.25, -0.2) is 4.98 Å². The summed E-state index contributed by atoms with van der Waals surface area (Å²) in [6.07, 6.45) is 3.57. The number of carbonyl (C=O) groups is 1. The van der Waals surface area contributed by atoms with Gasteiger partial charge in [0.25, 0.3) is 5.91 Å². The molecule has 2 aromatic rings. The molecule has 0 bridgehead atoms. The van der Waals surface area contributed by atoms with Crippen molar-refractivity contribution in [3.8, 4) is 0 Å². The lowest BCUT2D eigenvalue weighted by atomic mass is 10.1. The number of ether oxygens (including phenoxy) is 1. The number of nitrogens with zero attached hydrogens (tertiary/aromatic N) is 4. The predicted molar refractivity (Wildman–Crippen MR) is 97.2 cm³/mol. The lowest BCUT2D eigenvalue weighted by Crippen LogP contribution is -2.37. The van der Waals surface area contributed by atoms with Gasteiger partial charge in [0.1, 0.15) is 0 Å². The summed E-state index contributed by atoms with van der Waals surface area (Å²) < 4.78 is 5.43. The highest BCUT2D eigenvalue weighted by Gasteiger charge is 2.32. The van der Waals surface area contributed by atoms with E-state index in [1.807, 2.05) is 17.2 Å². The third kappa shape index (κ3) is 3.26. The van der Waals surface area contributed by atoms with Gasteiger partial charge < -0.3 is 14.5 Å². The van der Waals surface area contributed by atoms with E-state index in [2.05, 4.69) is 27.2 Å². The standard InChI is InChI=1S/C18H22N4O2S/c1-2-13-12-25-16(20-13)4-6-22-11-14-17(18(22)23)15(3-5-19-14)21-7-9-24-10-8-21/h3,5,12H,2,4,6-11H2,1H3. The first-order valence-electron chi connectivity index (χ1n) is 8.79. The fourth-order valence-electron chi connectivity index (χ4n) is 3.36. The van der Waals surface area contributed by atoms with Gasteiger partial charge in [-0.2, -0.15) is 0 Å². The van der Waals surface area contributed by atoms with Crippen molar-refractivity contribution in [3.63, 3.8) is 0 Å². The molecular weight excluding hydrogens is 336 g/mol. The van der Waals surface area contributed by atoms with E-state index in [1.165, 1.54) is 0 Å². The Labute approximate surface area is 151 Å². The van der Waals surface area contributed by atoms with Gasteiger partial charge in [0, 0.05) is 37.6 Å². The summed E-state index contributed by atoms with van der Waals surface area (Å²) in [7, 11) is 0. The second kappa shape index (κ2) is 7.09. The molecule has 1 fully saturated rings. The van der Waals surface area contributed by atoms with Crippen LogP contribution in [0.2, 0.25) is 0 Å². The Morgan fingerprint density at radius 1 is 1.32 bits per heavy atom. The van der Waals surface area contributed by atoms with Crippen LogP contribution >= 0.6 is 11.3 Å². The van der Waals surface area contributed by atoms with Gasteiger partial charge in [-0.05, 0) is 12.5 Å². The lowest BCUT2D eigenvalue weighted by Gasteiger charge is -2.30. The van der Waals surface area contributed by atoms with Crippen molar-refractivity contribution in [2.75, 3.05) is 37.7 Å². The zero-order valence-electron chi connectivity index (χ0n) is 14.4. The Morgan fingerprint density at radius 3 is 2.92 bits per heavy atom. The summed E-state index contributed by atoms with van der Waals surface area (Å²) in [5.74, 6) is 0.0943. The first kappa shape index (κ1) is 16.5. The number of aryl methyl sites for hydroxylation is 1. The predicted octanol–water partition coefficient (Wildman–Crippen LogP) is 2.14. The highest BCUT2D eigenvalue weighted by Crippen LogP contribution is 2.31. The number of aromatic nitrogens is 2. The van der Waals surface area contributed by atoms with Crippen molar-refractivity contribution in [1.82, 2.24) is 14.9 Å². The Balaban J connectivity index is 1.49. The first-order chi connectivity index (χ1) is 12.3. The summed E-state index contributed by atoms with van der Waals surface area (Å²) in [5.41, 5.74) is 3.80. The minimum absolute atomic E-state index is 0.0943. The van der Waals surface area contributed by atoms with Crippen LogP contribution in [0.25, 0.3) is 0 Å². The molecule has 7 heteroatoms. The molecule has 0 atom stereocenters. The molecule has 1 amide bonds. The van der Waals surface area contributed by atoms with Gasteiger partial charge in [-0.1, -0.05) is 6.92 Å². The van der Waals surface area contributed by atoms with Crippen LogP contribution in [-0.4, -0.2) is 53.6 Å². The van der Waals surface area contributed by atoms with Crippen molar-refractivity contribution in [3.05, 3.63) is 39.6 Å². The number of carbonyl (C=O) groups excluding carboxylic acids is 1. The second-order valence-corrected chi connectivity index (χ2v) is 7.26. The molecule has 2 aliphatic heterocycles. The van der Waals surface area contributed by atoms with Crippen LogP contribution < -0.4 is 4.90 Å². The largest absolute Gasteiger partial charge is 0.378 e. The summed E-state index contributed by atoms with van der Waals surface area (Å²) in [6, 6.07) is 1.96. The van der Waals surface area contributed by atoms with Crippen LogP contribution in [0, 0.1) is 0 Å². The maximum absolute atomic E-state index is 13.0. The topological polar surface area (TPSA) is 58.6 Å². The van der Waals surface area contributed by atoms with Gasteiger partial charge in [0.2, 0.25) is 0 Å². The van der Waals surface area contributed by atoms with E-state index in [0.29, 0.717) is 26.3 Å². The molecule has 0 aromatic carbocycles. The molecule has 0 unspecified atom stereocenters. The second-order valence-electron chi connectivity index (χ2n) is 6.31. The van der Waals surface area contributed by atoms with E-state index in [9.17, 15) is 4.79 Å². The molecule has 6 nitrogen and oxygen atoms in total. The van der Waals surface area contributed by atoms with E-state index in [0.717, 1.165) is 53.6 Å². The molecule has 4 rings (SSSR count). The Morgan fingerprint density at radius 2 is 2.16 bits per heavy atom. The molecule has 25 heavy (non-hydrogen) atoms. The van der Waals surface area contributed by atoms with Gasteiger partial charge in [0.05, 0.1) is 47.4 Å². The molecule has 4 heterocycles.